The molecule has 1 atom stereocenters. The Morgan fingerprint density at radius 1 is 1.30 bits per heavy atom. The van der Waals surface area contributed by atoms with Crippen molar-refractivity contribution >= 4 is 5.91 Å². The molecule has 1 saturated heterocycles. The highest BCUT2D eigenvalue weighted by atomic mass is 16.2. The minimum atomic E-state index is 0.0854. The topological polar surface area (TPSA) is 50.2 Å². The van der Waals surface area contributed by atoms with Gasteiger partial charge in [0, 0.05) is 19.1 Å². The Kier molecular flexibility index (Phi) is 4.48. The average Bonchev–Trinajstić information content (AvgIpc) is 2.96. The van der Waals surface area contributed by atoms with Crippen LogP contribution in [0.3, 0.4) is 0 Å². The number of carbonyl (C=O) groups is 1. The van der Waals surface area contributed by atoms with Gasteiger partial charge in [0.25, 0.3) is 5.91 Å². The van der Waals surface area contributed by atoms with Crippen LogP contribution in [-0.2, 0) is 0 Å². The number of benzene rings is 1. The maximum atomic E-state index is 12.9. The summed E-state index contributed by atoms with van der Waals surface area (Å²) >= 11 is 0. The first-order chi connectivity index (χ1) is 11.1. The third kappa shape index (κ3) is 3.01. The smallest absolute Gasteiger partial charge is 0.257 e. The van der Waals surface area contributed by atoms with Crippen molar-refractivity contribution in [3.05, 3.63) is 47.3 Å². The lowest BCUT2D eigenvalue weighted by molar-refractivity contribution is 0.0697. The summed E-state index contributed by atoms with van der Waals surface area (Å²) in [7, 11) is 1.96. The van der Waals surface area contributed by atoms with Crippen LogP contribution in [0.5, 0.6) is 0 Å². The second-order valence-electron chi connectivity index (χ2n) is 6.22. The highest BCUT2D eigenvalue weighted by Crippen LogP contribution is 2.20. The van der Waals surface area contributed by atoms with Crippen LogP contribution < -0.4 is 5.32 Å². The van der Waals surface area contributed by atoms with Crippen molar-refractivity contribution in [1.82, 2.24) is 20.0 Å². The number of piperidine rings is 1. The van der Waals surface area contributed by atoms with Gasteiger partial charge in [-0.05, 0) is 45.4 Å². The van der Waals surface area contributed by atoms with E-state index in [2.05, 4.69) is 23.4 Å². The van der Waals surface area contributed by atoms with Crippen LogP contribution in [0.2, 0.25) is 0 Å². The van der Waals surface area contributed by atoms with Crippen LogP contribution >= 0.6 is 0 Å². The van der Waals surface area contributed by atoms with Crippen LogP contribution in [0.1, 0.15) is 34.5 Å². The first-order valence-electron chi connectivity index (χ1n) is 8.19. The number of hydrogen-bond donors (Lipinski definition) is 1. The third-order valence-electron chi connectivity index (χ3n) is 4.70. The summed E-state index contributed by atoms with van der Waals surface area (Å²) < 4.78 is 1.86. The Bertz CT molecular complexity index is 707. The summed E-state index contributed by atoms with van der Waals surface area (Å²) in [5.41, 5.74) is 3.77. The van der Waals surface area contributed by atoms with E-state index in [1.54, 1.807) is 6.20 Å². The van der Waals surface area contributed by atoms with Gasteiger partial charge in [0.05, 0.1) is 23.1 Å². The van der Waals surface area contributed by atoms with Gasteiger partial charge < -0.3 is 10.2 Å². The Morgan fingerprint density at radius 2 is 2.09 bits per heavy atom. The SMILES string of the molecule is CN[C@H]1CCCN(C(=O)c2cnn(-c3ccccc3C)c2C)C1. The number of amides is 1. The summed E-state index contributed by atoms with van der Waals surface area (Å²) in [5.74, 6) is 0.0854. The van der Waals surface area contributed by atoms with Crippen LogP contribution in [0.15, 0.2) is 30.5 Å². The number of nitrogens with one attached hydrogen (secondary N) is 1. The van der Waals surface area contributed by atoms with E-state index in [1.807, 2.05) is 41.8 Å². The maximum Gasteiger partial charge on any atom is 0.257 e. The molecule has 1 fully saturated rings. The first-order valence-corrected chi connectivity index (χ1v) is 8.19. The number of aromatic nitrogens is 2. The first kappa shape index (κ1) is 15.7. The molecule has 1 amide bonds. The molecule has 0 spiro atoms. The highest BCUT2D eigenvalue weighted by Gasteiger charge is 2.26. The second-order valence-corrected chi connectivity index (χ2v) is 6.22. The highest BCUT2D eigenvalue weighted by molar-refractivity contribution is 5.95. The van der Waals surface area contributed by atoms with Gasteiger partial charge in [-0.3, -0.25) is 4.79 Å². The Hall–Kier alpha value is -2.14. The van der Waals surface area contributed by atoms with E-state index in [1.165, 1.54) is 0 Å². The molecular formula is C18H24N4O. The molecule has 122 valence electrons. The van der Waals surface area contributed by atoms with Crippen molar-refractivity contribution in [3.8, 4) is 5.69 Å². The standard InChI is InChI=1S/C18H24N4O/c1-13-7-4-5-9-17(13)22-14(2)16(11-20-22)18(23)21-10-6-8-15(12-21)19-3/h4-5,7,9,11,15,19H,6,8,10,12H2,1-3H3/t15-/m0/s1. The number of likely N-dealkylation sites (N-methyl/N-ethyl adjacent to an activating group) is 1. The van der Waals surface area contributed by atoms with E-state index in [0.29, 0.717) is 11.6 Å². The molecule has 5 heteroatoms. The molecule has 23 heavy (non-hydrogen) atoms. The molecule has 5 nitrogen and oxygen atoms in total. The molecule has 2 aromatic rings. The lowest BCUT2D eigenvalue weighted by Crippen LogP contribution is -2.47. The zero-order valence-corrected chi connectivity index (χ0v) is 14.0. The van der Waals surface area contributed by atoms with Crippen molar-refractivity contribution < 1.29 is 4.79 Å². The minimum Gasteiger partial charge on any atom is -0.337 e. The van der Waals surface area contributed by atoms with Gasteiger partial charge in [-0.15, -0.1) is 0 Å². The van der Waals surface area contributed by atoms with Crippen molar-refractivity contribution in [3.63, 3.8) is 0 Å². The lowest BCUT2D eigenvalue weighted by atomic mass is 10.0. The zero-order chi connectivity index (χ0) is 16.4. The van der Waals surface area contributed by atoms with Gasteiger partial charge in [-0.25, -0.2) is 4.68 Å². The maximum absolute atomic E-state index is 12.9. The van der Waals surface area contributed by atoms with Crippen molar-refractivity contribution in [2.24, 2.45) is 0 Å². The Balaban J connectivity index is 1.87. The predicted molar refractivity (Wildman–Crippen MR) is 91.0 cm³/mol. The summed E-state index contributed by atoms with van der Waals surface area (Å²) in [6.45, 7) is 5.61. The van der Waals surface area contributed by atoms with Crippen molar-refractivity contribution in [2.45, 2.75) is 32.7 Å². The van der Waals surface area contributed by atoms with E-state index >= 15 is 0 Å². The molecule has 3 rings (SSSR count). The molecule has 0 unspecified atom stereocenters. The minimum absolute atomic E-state index is 0.0854. The molecule has 1 aromatic carbocycles. The molecule has 1 aliphatic heterocycles. The van der Waals surface area contributed by atoms with E-state index < -0.39 is 0 Å². The fourth-order valence-electron chi connectivity index (χ4n) is 3.23. The summed E-state index contributed by atoms with van der Waals surface area (Å²) in [4.78, 5) is 14.8. The number of para-hydroxylation sites is 1. The Morgan fingerprint density at radius 3 is 2.83 bits per heavy atom. The molecular weight excluding hydrogens is 288 g/mol. The fourth-order valence-corrected chi connectivity index (χ4v) is 3.23. The largest absolute Gasteiger partial charge is 0.337 e. The molecule has 2 heterocycles. The van der Waals surface area contributed by atoms with Gasteiger partial charge in [0.1, 0.15) is 0 Å². The number of rotatable bonds is 3. The number of nitrogens with zero attached hydrogens (tertiary/aromatic N) is 3. The van der Waals surface area contributed by atoms with E-state index in [-0.39, 0.29) is 5.91 Å². The molecule has 0 radical (unpaired) electrons. The quantitative estimate of drug-likeness (QED) is 0.946. The van der Waals surface area contributed by atoms with Gasteiger partial charge in [-0.2, -0.15) is 5.10 Å². The molecule has 1 N–H and O–H groups in total. The predicted octanol–water partition coefficient (Wildman–Crippen LogP) is 2.31. The van der Waals surface area contributed by atoms with Crippen LogP contribution in [0.4, 0.5) is 0 Å². The molecule has 0 aliphatic carbocycles. The summed E-state index contributed by atoms with van der Waals surface area (Å²) in [5, 5.41) is 7.73. The lowest BCUT2D eigenvalue weighted by Gasteiger charge is -2.32. The van der Waals surface area contributed by atoms with E-state index in [9.17, 15) is 4.79 Å². The van der Waals surface area contributed by atoms with Gasteiger partial charge >= 0.3 is 0 Å². The Labute approximate surface area is 137 Å². The van der Waals surface area contributed by atoms with Crippen molar-refractivity contribution in [2.75, 3.05) is 20.1 Å². The second kappa shape index (κ2) is 6.54. The summed E-state index contributed by atoms with van der Waals surface area (Å²) in [6, 6.07) is 8.48. The third-order valence-corrected chi connectivity index (χ3v) is 4.70. The number of hydrogen-bond acceptors (Lipinski definition) is 3. The molecule has 1 aromatic heterocycles. The molecule has 1 aliphatic rings. The van der Waals surface area contributed by atoms with Crippen LogP contribution in [-0.4, -0.2) is 46.8 Å². The van der Waals surface area contributed by atoms with E-state index in [0.717, 1.165) is 42.9 Å². The molecule has 0 bridgehead atoms. The van der Waals surface area contributed by atoms with E-state index in [4.69, 9.17) is 0 Å². The normalized spacial score (nSPS) is 18.2. The summed E-state index contributed by atoms with van der Waals surface area (Å²) in [6.07, 6.45) is 3.87. The number of aryl methyl sites for hydroxylation is 1. The van der Waals surface area contributed by atoms with Gasteiger partial charge in [0.15, 0.2) is 0 Å². The van der Waals surface area contributed by atoms with Crippen molar-refractivity contribution in [1.29, 1.82) is 0 Å². The monoisotopic (exact) mass is 312 g/mol. The van der Waals surface area contributed by atoms with Gasteiger partial charge in [-0.1, -0.05) is 18.2 Å². The number of carbonyl (C=O) groups excluding carboxylic acids is 1. The average molecular weight is 312 g/mol. The number of likely N-dealkylation sites (tertiary alicyclic amines) is 1. The van der Waals surface area contributed by atoms with Crippen LogP contribution in [0, 0.1) is 13.8 Å². The van der Waals surface area contributed by atoms with Crippen LogP contribution in [0.25, 0.3) is 5.69 Å². The zero-order valence-electron chi connectivity index (χ0n) is 14.0. The fraction of sp³-hybridized carbons (Fsp3) is 0.444. The molecule has 0 saturated carbocycles. The van der Waals surface area contributed by atoms with Gasteiger partial charge in [0.2, 0.25) is 0 Å².